The van der Waals surface area contributed by atoms with E-state index in [0.29, 0.717) is 6.54 Å². The number of non-ortho nitro benzene ring substituents is 1. The first kappa shape index (κ1) is 22.5. The number of hydrogen-bond donors (Lipinski definition) is 1. The number of amides is 1. The Morgan fingerprint density at radius 1 is 0.889 bits per heavy atom. The molecular formula is C19H29N3O5. The molecule has 1 rings (SSSR count). The summed E-state index contributed by atoms with van der Waals surface area (Å²) in [5.41, 5.74) is -1.12. The predicted molar refractivity (Wildman–Crippen MR) is 104 cm³/mol. The number of benzene rings is 1. The van der Waals surface area contributed by atoms with Crippen LogP contribution in [0.5, 0.6) is 0 Å². The van der Waals surface area contributed by atoms with E-state index in [4.69, 9.17) is 0 Å². The normalized spacial score (nSPS) is 10.6. The first-order chi connectivity index (χ1) is 13.0. The Hall–Kier alpha value is -2.51. The van der Waals surface area contributed by atoms with Crippen molar-refractivity contribution in [2.75, 3.05) is 6.54 Å². The van der Waals surface area contributed by atoms with Crippen LogP contribution in [0, 0.1) is 20.2 Å². The zero-order valence-electron chi connectivity index (χ0n) is 15.9. The van der Waals surface area contributed by atoms with Gasteiger partial charge in [0.05, 0.1) is 15.9 Å². The molecule has 150 valence electrons. The van der Waals surface area contributed by atoms with Crippen LogP contribution in [0.2, 0.25) is 0 Å². The van der Waals surface area contributed by atoms with Crippen molar-refractivity contribution in [2.24, 2.45) is 0 Å². The van der Waals surface area contributed by atoms with Crippen LogP contribution in [0.25, 0.3) is 0 Å². The largest absolute Gasteiger partial charge is 0.352 e. The lowest BCUT2D eigenvalue weighted by Crippen LogP contribution is -2.25. The molecule has 0 fully saturated rings. The smallest absolute Gasteiger partial charge is 0.289 e. The number of unbranched alkanes of at least 4 members (excludes halogenated alkanes) is 9. The number of nitro groups is 2. The maximum atomic E-state index is 12.1. The van der Waals surface area contributed by atoms with Crippen molar-refractivity contribution in [3.63, 3.8) is 0 Å². The maximum Gasteiger partial charge on any atom is 0.289 e. The zero-order chi connectivity index (χ0) is 20.1. The zero-order valence-corrected chi connectivity index (χ0v) is 15.9. The molecule has 0 radical (unpaired) electrons. The Balaban J connectivity index is 2.29. The number of rotatable bonds is 14. The summed E-state index contributed by atoms with van der Waals surface area (Å²) in [4.78, 5) is 32.4. The summed E-state index contributed by atoms with van der Waals surface area (Å²) in [5.74, 6) is -0.576. The second kappa shape index (κ2) is 12.8. The highest BCUT2D eigenvalue weighted by molar-refractivity contribution is 5.98. The number of hydrogen-bond acceptors (Lipinski definition) is 5. The van der Waals surface area contributed by atoms with Gasteiger partial charge in [-0.15, -0.1) is 0 Å². The van der Waals surface area contributed by atoms with Crippen molar-refractivity contribution in [1.29, 1.82) is 0 Å². The fourth-order valence-electron chi connectivity index (χ4n) is 2.89. The third kappa shape index (κ3) is 8.61. The molecule has 0 bridgehead atoms. The molecule has 0 saturated heterocycles. The molecule has 0 aliphatic carbocycles. The molecule has 8 nitrogen and oxygen atoms in total. The number of nitrogens with zero attached hydrogens (tertiary/aromatic N) is 2. The number of nitro benzene ring substituents is 2. The maximum absolute atomic E-state index is 12.1. The SMILES string of the molecule is CCCCCCCCCCCCNC(=O)c1ccc([N+](=O)[O-])cc1[N+](=O)[O-]. The highest BCUT2D eigenvalue weighted by Crippen LogP contribution is 2.24. The quantitative estimate of drug-likeness (QED) is 0.272. The molecule has 1 aromatic carbocycles. The average molecular weight is 379 g/mol. The van der Waals surface area contributed by atoms with Crippen LogP contribution >= 0.6 is 0 Å². The van der Waals surface area contributed by atoms with Crippen LogP contribution in [0.15, 0.2) is 18.2 Å². The first-order valence-electron chi connectivity index (χ1n) is 9.68. The van der Waals surface area contributed by atoms with Gasteiger partial charge < -0.3 is 5.32 Å². The molecule has 1 N–H and O–H groups in total. The topological polar surface area (TPSA) is 115 Å². The van der Waals surface area contributed by atoms with Crippen molar-refractivity contribution in [3.8, 4) is 0 Å². The molecule has 0 aromatic heterocycles. The molecule has 0 spiro atoms. The Morgan fingerprint density at radius 2 is 1.44 bits per heavy atom. The molecule has 1 aromatic rings. The van der Waals surface area contributed by atoms with Gasteiger partial charge in [-0.3, -0.25) is 25.0 Å². The van der Waals surface area contributed by atoms with E-state index in [9.17, 15) is 25.0 Å². The summed E-state index contributed by atoms with van der Waals surface area (Å²) >= 11 is 0. The van der Waals surface area contributed by atoms with Gasteiger partial charge in [0.25, 0.3) is 17.3 Å². The van der Waals surface area contributed by atoms with Crippen LogP contribution in [0.3, 0.4) is 0 Å². The van der Waals surface area contributed by atoms with Gasteiger partial charge in [-0.1, -0.05) is 64.7 Å². The molecule has 27 heavy (non-hydrogen) atoms. The van der Waals surface area contributed by atoms with Crippen molar-refractivity contribution < 1.29 is 14.6 Å². The first-order valence-corrected chi connectivity index (χ1v) is 9.68. The lowest BCUT2D eigenvalue weighted by molar-refractivity contribution is -0.394. The Bertz CT molecular complexity index is 634. The number of carbonyl (C=O) groups excluding carboxylic acids is 1. The Labute approximate surface area is 159 Å². The summed E-state index contributed by atoms with van der Waals surface area (Å²) in [5, 5.41) is 24.4. The van der Waals surface area contributed by atoms with E-state index >= 15 is 0 Å². The van der Waals surface area contributed by atoms with Crippen LogP contribution in [0.4, 0.5) is 11.4 Å². The van der Waals surface area contributed by atoms with E-state index in [2.05, 4.69) is 12.2 Å². The number of carbonyl (C=O) groups is 1. The molecule has 0 aliphatic heterocycles. The summed E-state index contributed by atoms with van der Waals surface area (Å²) < 4.78 is 0. The van der Waals surface area contributed by atoms with Gasteiger partial charge in [0.15, 0.2) is 0 Å². The molecule has 0 aliphatic rings. The van der Waals surface area contributed by atoms with E-state index in [1.54, 1.807) is 0 Å². The van der Waals surface area contributed by atoms with Gasteiger partial charge in [-0.05, 0) is 12.5 Å². The summed E-state index contributed by atoms with van der Waals surface area (Å²) in [6, 6.07) is 3.04. The van der Waals surface area contributed by atoms with Crippen LogP contribution in [-0.4, -0.2) is 22.3 Å². The lowest BCUT2D eigenvalue weighted by Gasteiger charge is -2.06. The Kier molecular flexibility index (Phi) is 10.7. The van der Waals surface area contributed by atoms with E-state index in [0.717, 1.165) is 37.5 Å². The third-order valence-electron chi connectivity index (χ3n) is 4.45. The van der Waals surface area contributed by atoms with Gasteiger partial charge in [0.2, 0.25) is 0 Å². The minimum Gasteiger partial charge on any atom is -0.352 e. The summed E-state index contributed by atoms with van der Waals surface area (Å²) in [7, 11) is 0. The van der Waals surface area contributed by atoms with Crippen molar-refractivity contribution in [3.05, 3.63) is 44.0 Å². The molecule has 0 saturated carbocycles. The van der Waals surface area contributed by atoms with Gasteiger partial charge in [0.1, 0.15) is 5.56 Å². The minimum atomic E-state index is -0.775. The van der Waals surface area contributed by atoms with Crippen LogP contribution in [-0.2, 0) is 0 Å². The van der Waals surface area contributed by atoms with Gasteiger partial charge in [-0.25, -0.2) is 0 Å². The van der Waals surface area contributed by atoms with Gasteiger partial charge >= 0.3 is 0 Å². The predicted octanol–water partition coefficient (Wildman–Crippen LogP) is 5.15. The standard InChI is InChI=1S/C19H29N3O5/c1-2-3-4-5-6-7-8-9-10-11-14-20-19(23)17-13-12-16(21(24)25)15-18(17)22(26)27/h12-13,15H,2-11,14H2,1H3,(H,20,23). The molecule has 1 amide bonds. The van der Waals surface area contributed by atoms with Crippen molar-refractivity contribution in [2.45, 2.75) is 71.1 Å². The minimum absolute atomic E-state index is 0.155. The van der Waals surface area contributed by atoms with Crippen LogP contribution < -0.4 is 5.32 Å². The van der Waals surface area contributed by atoms with Gasteiger partial charge in [0, 0.05) is 12.6 Å². The summed E-state index contributed by atoms with van der Waals surface area (Å²) in [6.07, 6.45) is 11.8. The lowest BCUT2D eigenvalue weighted by atomic mass is 10.1. The highest BCUT2D eigenvalue weighted by atomic mass is 16.6. The average Bonchev–Trinajstić information content (AvgIpc) is 2.65. The van der Waals surface area contributed by atoms with E-state index in [-0.39, 0.29) is 5.56 Å². The highest BCUT2D eigenvalue weighted by Gasteiger charge is 2.23. The summed E-state index contributed by atoms with van der Waals surface area (Å²) in [6.45, 7) is 2.64. The fraction of sp³-hybridized carbons (Fsp3) is 0.632. The fourth-order valence-corrected chi connectivity index (χ4v) is 2.89. The monoisotopic (exact) mass is 379 g/mol. The second-order valence-electron chi connectivity index (χ2n) is 6.65. The second-order valence-corrected chi connectivity index (χ2v) is 6.65. The molecular weight excluding hydrogens is 350 g/mol. The number of nitrogens with one attached hydrogen (secondary N) is 1. The molecule has 0 unspecified atom stereocenters. The molecule has 0 heterocycles. The van der Waals surface area contributed by atoms with Crippen molar-refractivity contribution >= 4 is 17.3 Å². The van der Waals surface area contributed by atoms with E-state index < -0.39 is 27.1 Å². The Morgan fingerprint density at radius 3 is 1.96 bits per heavy atom. The third-order valence-corrected chi connectivity index (χ3v) is 4.45. The van der Waals surface area contributed by atoms with E-state index in [1.807, 2.05) is 0 Å². The molecule has 8 heteroatoms. The van der Waals surface area contributed by atoms with Crippen LogP contribution in [0.1, 0.15) is 81.5 Å². The molecule has 0 atom stereocenters. The van der Waals surface area contributed by atoms with Crippen molar-refractivity contribution in [1.82, 2.24) is 5.32 Å². The van der Waals surface area contributed by atoms with E-state index in [1.165, 1.54) is 44.9 Å². The van der Waals surface area contributed by atoms with Gasteiger partial charge in [-0.2, -0.15) is 0 Å².